The van der Waals surface area contributed by atoms with Crippen molar-refractivity contribution in [2.75, 3.05) is 12.1 Å². The van der Waals surface area contributed by atoms with Gasteiger partial charge in [-0.1, -0.05) is 0 Å². The number of aliphatic hydroxyl groups excluding tert-OH is 1. The lowest BCUT2D eigenvalue weighted by Gasteiger charge is -2.42. The Morgan fingerprint density at radius 1 is 1.22 bits per heavy atom. The van der Waals surface area contributed by atoms with Crippen LogP contribution in [0.4, 0.5) is 5.82 Å². The Labute approximate surface area is 152 Å². The van der Waals surface area contributed by atoms with E-state index < -0.39 is 52.7 Å². The van der Waals surface area contributed by atoms with Crippen molar-refractivity contribution in [3.8, 4) is 0 Å². The normalized spacial score (nSPS) is 32.9. The molecule has 148 valence electrons. The van der Waals surface area contributed by atoms with Gasteiger partial charge < -0.3 is 20.1 Å². The standard InChI is InChI=1S/C15H19N3O9/c1-7(20)13(24)10(6-19)27-15(9(3)22,14(13,25)8(2)21)18-5-4-11(17-26)16-12(18)23/h4-5,10,19,24-26H,6H2,1-3H3,(H,16,17,23)/t10-,13-,14-,15-/m1/s1. The SMILES string of the molecule is CC(=O)[C@@]1(O)[C@@](O)(C(C)=O)[C@@H](CO)O[C@@]1(C(C)=O)n1ccc(NO)nc1=O. The van der Waals surface area contributed by atoms with Crippen molar-refractivity contribution in [2.45, 2.75) is 43.8 Å². The molecule has 2 rings (SSSR count). The van der Waals surface area contributed by atoms with Crippen molar-refractivity contribution in [3.05, 3.63) is 22.7 Å². The van der Waals surface area contributed by atoms with Gasteiger partial charge in [-0.25, -0.2) is 4.79 Å². The van der Waals surface area contributed by atoms with Gasteiger partial charge in [-0.3, -0.25) is 29.6 Å². The van der Waals surface area contributed by atoms with E-state index in [0.717, 1.165) is 33.0 Å². The maximum absolute atomic E-state index is 12.6. The Hall–Kier alpha value is -2.51. The molecule has 2 heterocycles. The van der Waals surface area contributed by atoms with Gasteiger partial charge in [0.05, 0.1) is 6.61 Å². The largest absolute Gasteiger partial charge is 0.394 e. The molecule has 12 heteroatoms. The number of carbonyl (C=O) groups is 3. The highest BCUT2D eigenvalue weighted by atomic mass is 16.6. The lowest BCUT2D eigenvalue weighted by molar-refractivity contribution is -0.208. The number of aliphatic hydroxyl groups is 3. The van der Waals surface area contributed by atoms with E-state index >= 15 is 0 Å². The molecule has 0 spiro atoms. The number of ketones is 3. The summed E-state index contributed by atoms with van der Waals surface area (Å²) in [6, 6.07) is 1.01. The summed E-state index contributed by atoms with van der Waals surface area (Å²) in [6.07, 6.45) is -1.04. The van der Waals surface area contributed by atoms with Crippen LogP contribution in [-0.2, 0) is 24.8 Å². The van der Waals surface area contributed by atoms with Crippen molar-refractivity contribution < 1.29 is 39.6 Å². The highest BCUT2D eigenvalue weighted by molar-refractivity contribution is 6.04. The van der Waals surface area contributed by atoms with Crippen LogP contribution in [0.3, 0.4) is 0 Å². The highest BCUT2D eigenvalue weighted by Crippen LogP contribution is 2.51. The van der Waals surface area contributed by atoms with E-state index in [2.05, 4.69) is 4.98 Å². The van der Waals surface area contributed by atoms with Crippen LogP contribution in [0.2, 0.25) is 0 Å². The number of ether oxygens (including phenoxy) is 1. The number of anilines is 1. The van der Waals surface area contributed by atoms with Crippen LogP contribution in [-0.4, -0.2) is 71.3 Å². The minimum absolute atomic E-state index is 0.320. The summed E-state index contributed by atoms with van der Waals surface area (Å²) >= 11 is 0. The number of carbonyl (C=O) groups excluding carboxylic acids is 3. The van der Waals surface area contributed by atoms with Crippen LogP contribution in [0.5, 0.6) is 0 Å². The van der Waals surface area contributed by atoms with Gasteiger partial charge in [-0.2, -0.15) is 4.98 Å². The molecule has 5 N–H and O–H groups in total. The molecule has 1 fully saturated rings. The summed E-state index contributed by atoms with van der Waals surface area (Å²) in [4.78, 5) is 53.0. The molecule has 0 unspecified atom stereocenters. The van der Waals surface area contributed by atoms with Gasteiger partial charge in [0, 0.05) is 6.20 Å². The predicted octanol–water partition coefficient (Wildman–Crippen LogP) is -2.68. The molecule has 0 aromatic carbocycles. The highest BCUT2D eigenvalue weighted by Gasteiger charge is 2.80. The Kier molecular flexibility index (Phi) is 5.07. The second-order valence-corrected chi connectivity index (χ2v) is 6.16. The first-order valence-corrected chi connectivity index (χ1v) is 7.71. The van der Waals surface area contributed by atoms with E-state index in [1.165, 1.54) is 0 Å². The predicted molar refractivity (Wildman–Crippen MR) is 85.8 cm³/mol. The van der Waals surface area contributed by atoms with Crippen LogP contribution in [0.15, 0.2) is 17.1 Å². The number of rotatable bonds is 6. The second-order valence-electron chi connectivity index (χ2n) is 6.16. The van der Waals surface area contributed by atoms with Gasteiger partial charge in [-0.15, -0.1) is 0 Å². The molecule has 1 saturated heterocycles. The summed E-state index contributed by atoms with van der Waals surface area (Å²) in [6.45, 7) is 1.42. The van der Waals surface area contributed by atoms with E-state index in [0.29, 0.717) is 4.57 Å². The fourth-order valence-corrected chi connectivity index (χ4v) is 3.47. The topological polar surface area (TPSA) is 188 Å². The van der Waals surface area contributed by atoms with E-state index in [-0.39, 0.29) is 5.82 Å². The third-order valence-corrected chi connectivity index (χ3v) is 4.77. The van der Waals surface area contributed by atoms with Crippen molar-refractivity contribution in [1.29, 1.82) is 0 Å². The Morgan fingerprint density at radius 2 is 1.81 bits per heavy atom. The van der Waals surface area contributed by atoms with Crippen molar-refractivity contribution in [3.63, 3.8) is 0 Å². The maximum Gasteiger partial charge on any atom is 0.352 e. The third-order valence-electron chi connectivity index (χ3n) is 4.77. The second kappa shape index (κ2) is 6.58. The van der Waals surface area contributed by atoms with Gasteiger partial charge in [0.25, 0.3) is 0 Å². The van der Waals surface area contributed by atoms with Crippen molar-refractivity contribution >= 4 is 23.2 Å². The minimum atomic E-state index is -3.26. The molecular weight excluding hydrogens is 366 g/mol. The van der Waals surface area contributed by atoms with E-state index in [4.69, 9.17) is 9.94 Å². The van der Waals surface area contributed by atoms with Crippen LogP contribution < -0.4 is 11.2 Å². The Morgan fingerprint density at radius 3 is 2.19 bits per heavy atom. The molecule has 0 radical (unpaired) electrons. The Balaban J connectivity index is 2.98. The molecule has 0 amide bonds. The zero-order chi connectivity index (χ0) is 20.8. The molecule has 27 heavy (non-hydrogen) atoms. The summed E-state index contributed by atoms with van der Waals surface area (Å²) in [5.41, 5.74) is -8.85. The molecule has 4 atom stereocenters. The van der Waals surface area contributed by atoms with Gasteiger partial charge in [0.1, 0.15) is 6.10 Å². The average molecular weight is 385 g/mol. The molecule has 1 aromatic rings. The van der Waals surface area contributed by atoms with Crippen LogP contribution in [0, 0.1) is 0 Å². The van der Waals surface area contributed by atoms with Crippen molar-refractivity contribution in [1.82, 2.24) is 9.55 Å². The number of aromatic nitrogens is 2. The van der Waals surface area contributed by atoms with E-state index in [1.807, 2.05) is 0 Å². The first-order valence-electron chi connectivity index (χ1n) is 7.71. The van der Waals surface area contributed by atoms with Crippen LogP contribution >= 0.6 is 0 Å². The number of nitrogens with one attached hydrogen (secondary N) is 1. The van der Waals surface area contributed by atoms with Crippen LogP contribution in [0.1, 0.15) is 20.8 Å². The molecule has 1 aliphatic rings. The van der Waals surface area contributed by atoms with Crippen molar-refractivity contribution in [2.24, 2.45) is 0 Å². The number of hydrogen-bond donors (Lipinski definition) is 5. The fraction of sp³-hybridized carbons (Fsp3) is 0.533. The van der Waals surface area contributed by atoms with E-state index in [1.54, 1.807) is 5.48 Å². The molecule has 0 bridgehead atoms. The van der Waals surface area contributed by atoms with E-state index in [9.17, 15) is 34.5 Å². The zero-order valence-corrected chi connectivity index (χ0v) is 14.7. The van der Waals surface area contributed by atoms with Gasteiger partial charge in [0.2, 0.25) is 11.3 Å². The van der Waals surface area contributed by atoms with Gasteiger partial charge >= 0.3 is 5.69 Å². The quantitative estimate of drug-likeness (QED) is 0.321. The summed E-state index contributed by atoms with van der Waals surface area (Å²) in [5, 5.41) is 40.5. The maximum atomic E-state index is 12.6. The Bertz CT molecular complexity index is 868. The monoisotopic (exact) mass is 385 g/mol. The lowest BCUT2D eigenvalue weighted by Crippen LogP contribution is -2.73. The lowest BCUT2D eigenvalue weighted by atomic mass is 9.69. The molecule has 12 nitrogen and oxygen atoms in total. The molecule has 0 saturated carbocycles. The number of nitrogens with zero attached hydrogens (tertiary/aromatic N) is 2. The average Bonchev–Trinajstić information content (AvgIpc) is 2.82. The van der Waals surface area contributed by atoms with Gasteiger partial charge in [-0.05, 0) is 26.8 Å². The molecule has 1 aromatic heterocycles. The zero-order valence-electron chi connectivity index (χ0n) is 14.7. The summed E-state index contributed by atoms with van der Waals surface area (Å²) in [7, 11) is 0. The van der Waals surface area contributed by atoms with Gasteiger partial charge in [0.15, 0.2) is 28.8 Å². The summed E-state index contributed by atoms with van der Waals surface area (Å²) in [5.74, 6) is -3.87. The van der Waals surface area contributed by atoms with Crippen LogP contribution in [0.25, 0.3) is 0 Å². The molecular formula is C15H19N3O9. The fourth-order valence-electron chi connectivity index (χ4n) is 3.47. The first kappa shape index (κ1) is 20.8. The number of Topliss-reactive ketones (excluding diaryl/α,β-unsaturated/α-hetero) is 3. The number of hydrogen-bond acceptors (Lipinski definition) is 11. The molecule has 0 aliphatic carbocycles. The third kappa shape index (κ3) is 2.38. The minimum Gasteiger partial charge on any atom is -0.394 e. The molecule has 1 aliphatic heterocycles. The smallest absolute Gasteiger partial charge is 0.352 e. The first-order chi connectivity index (χ1) is 12.4. The summed E-state index contributed by atoms with van der Waals surface area (Å²) < 4.78 is 5.77.